The van der Waals surface area contributed by atoms with Crippen LogP contribution in [-0.4, -0.2) is 50.7 Å². The maximum Gasteiger partial charge on any atom is 0.191 e. The Morgan fingerprint density at radius 3 is 2.69 bits per heavy atom. The molecular formula is C20H35IN4O. The second-order valence-electron chi connectivity index (χ2n) is 6.87. The number of benzene rings is 1. The summed E-state index contributed by atoms with van der Waals surface area (Å²) in [5, 5.41) is 6.77. The highest BCUT2D eigenvalue weighted by molar-refractivity contribution is 14.0. The monoisotopic (exact) mass is 474 g/mol. The molecule has 0 bridgehead atoms. The van der Waals surface area contributed by atoms with Crippen LogP contribution in [0.4, 0.5) is 0 Å². The van der Waals surface area contributed by atoms with E-state index in [0.29, 0.717) is 6.54 Å². The van der Waals surface area contributed by atoms with Crippen molar-refractivity contribution in [3.63, 3.8) is 0 Å². The molecule has 1 aromatic carbocycles. The molecule has 0 aromatic heterocycles. The van der Waals surface area contributed by atoms with Gasteiger partial charge in [-0.2, -0.15) is 0 Å². The van der Waals surface area contributed by atoms with Crippen LogP contribution in [0, 0.1) is 5.92 Å². The van der Waals surface area contributed by atoms with Crippen molar-refractivity contribution in [3.05, 3.63) is 29.8 Å². The van der Waals surface area contributed by atoms with Gasteiger partial charge in [-0.3, -0.25) is 0 Å². The zero-order valence-corrected chi connectivity index (χ0v) is 18.8. The minimum absolute atomic E-state index is 0. The lowest BCUT2D eigenvalue weighted by molar-refractivity contribution is 0.182. The summed E-state index contributed by atoms with van der Waals surface area (Å²) in [5.74, 6) is 2.63. The van der Waals surface area contributed by atoms with Crippen LogP contribution in [-0.2, 0) is 6.54 Å². The molecule has 1 unspecified atom stereocenters. The molecule has 1 heterocycles. The number of methoxy groups -OCH3 is 1. The Hall–Kier alpha value is -1.02. The van der Waals surface area contributed by atoms with Gasteiger partial charge in [-0.15, -0.1) is 24.0 Å². The minimum atomic E-state index is 0. The van der Waals surface area contributed by atoms with E-state index in [1.165, 1.54) is 38.0 Å². The van der Waals surface area contributed by atoms with Crippen molar-refractivity contribution in [3.8, 4) is 5.75 Å². The van der Waals surface area contributed by atoms with E-state index in [0.717, 1.165) is 37.1 Å². The first-order chi connectivity index (χ1) is 12.2. The van der Waals surface area contributed by atoms with Gasteiger partial charge in [0.1, 0.15) is 5.75 Å². The van der Waals surface area contributed by atoms with E-state index in [4.69, 9.17) is 4.74 Å². The van der Waals surface area contributed by atoms with Gasteiger partial charge in [0.05, 0.1) is 13.7 Å². The topological polar surface area (TPSA) is 48.9 Å². The molecule has 2 N–H and O–H groups in total. The van der Waals surface area contributed by atoms with Crippen LogP contribution in [0.15, 0.2) is 29.3 Å². The number of piperidine rings is 1. The highest BCUT2D eigenvalue weighted by Gasteiger charge is 2.15. The second-order valence-corrected chi connectivity index (χ2v) is 6.87. The van der Waals surface area contributed by atoms with Crippen LogP contribution in [0.25, 0.3) is 0 Å². The molecule has 1 atom stereocenters. The quantitative estimate of drug-likeness (QED) is 0.262. The van der Waals surface area contributed by atoms with Crippen molar-refractivity contribution in [2.75, 3.05) is 39.8 Å². The van der Waals surface area contributed by atoms with Crippen LogP contribution < -0.4 is 15.4 Å². The zero-order valence-electron chi connectivity index (χ0n) is 16.5. The molecule has 1 aliphatic rings. The van der Waals surface area contributed by atoms with E-state index >= 15 is 0 Å². The molecule has 1 saturated heterocycles. The van der Waals surface area contributed by atoms with Gasteiger partial charge in [0.15, 0.2) is 5.96 Å². The Labute approximate surface area is 176 Å². The lowest BCUT2D eigenvalue weighted by Gasteiger charge is -2.30. The second kappa shape index (κ2) is 13.2. The van der Waals surface area contributed by atoms with Crippen molar-refractivity contribution in [2.45, 2.75) is 39.7 Å². The van der Waals surface area contributed by atoms with Gasteiger partial charge in [-0.05, 0) is 62.9 Å². The lowest BCUT2D eigenvalue weighted by Crippen LogP contribution is -2.40. The molecule has 26 heavy (non-hydrogen) atoms. The summed E-state index contributed by atoms with van der Waals surface area (Å²) >= 11 is 0. The molecule has 0 amide bonds. The van der Waals surface area contributed by atoms with Crippen molar-refractivity contribution in [1.29, 1.82) is 0 Å². The van der Waals surface area contributed by atoms with Gasteiger partial charge in [0, 0.05) is 19.6 Å². The number of guanidine groups is 1. The summed E-state index contributed by atoms with van der Waals surface area (Å²) in [5.41, 5.74) is 1.18. The maximum absolute atomic E-state index is 5.19. The van der Waals surface area contributed by atoms with Crippen molar-refractivity contribution >= 4 is 29.9 Å². The van der Waals surface area contributed by atoms with E-state index in [1.807, 2.05) is 12.1 Å². The van der Waals surface area contributed by atoms with E-state index in [-0.39, 0.29) is 24.0 Å². The largest absolute Gasteiger partial charge is 0.497 e. The number of likely N-dealkylation sites (tertiary alicyclic amines) is 1. The molecular weight excluding hydrogens is 439 g/mol. The highest BCUT2D eigenvalue weighted by atomic mass is 127. The molecule has 6 heteroatoms. The van der Waals surface area contributed by atoms with E-state index in [1.54, 1.807) is 7.11 Å². The molecule has 0 aliphatic carbocycles. The van der Waals surface area contributed by atoms with Gasteiger partial charge < -0.3 is 20.3 Å². The van der Waals surface area contributed by atoms with E-state index in [9.17, 15) is 0 Å². The Morgan fingerprint density at radius 2 is 2.04 bits per heavy atom. The highest BCUT2D eigenvalue weighted by Crippen LogP contribution is 2.15. The first-order valence-electron chi connectivity index (χ1n) is 9.58. The van der Waals surface area contributed by atoms with Crippen molar-refractivity contribution in [1.82, 2.24) is 15.5 Å². The lowest BCUT2D eigenvalue weighted by atomic mass is 10.0. The fourth-order valence-electron chi connectivity index (χ4n) is 3.24. The molecule has 0 saturated carbocycles. The van der Waals surface area contributed by atoms with Gasteiger partial charge in [0.25, 0.3) is 0 Å². The molecule has 5 nitrogen and oxygen atoms in total. The van der Waals surface area contributed by atoms with Gasteiger partial charge in [0.2, 0.25) is 0 Å². The van der Waals surface area contributed by atoms with Crippen LogP contribution in [0.5, 0.6) is 5.75 Å². The Morgan fingerprint density at radius 1 is 1.27 bits per heavy atom. The Bertz CT molecular complexity index is 521. The third-order valence-corrected chi connectivity index (χ3v) is 4.61. The molecule has 1 aromatic rings. The number of rotatable bonds is 8. The molecule has 0 radical (unpaired) electrons. The van der Waals surface area contributed by atoms with Crippen LogP contribution in [0.1, 0.15) is 38.7 Å². The minimum Gasteiger partial charge on any atom is -0.497 e. The van der Waals surface area contributed by atoms with Crippen LogP contribution in [0.3, 0.4) is 0 Å². The summed E-state index contributed by atoms with van der Waals surface area (Å²) in [6.07, 6.45) is 3.89. The molecule has 1 fully saturated rings. The zero-order chi connectivity index (χ0) is 17.9. The van der Waals surface area contributed by atoms with Crippen molar-refractivity contribution in [2.24, 2.45) is 10.9 Å². The first kappa shape index (κ1) is 23.0. The number of hydrogen-bond donors (Lipinski definition) is 2. The average Bonchev–Trinajstić information content (AvgIpc) is 2.63. The van der Waals surface area contributed by atoms with Gasteiger partial charge in [-0.25, -0.2) is 4.99 Å². The third kappa shape index (κ3) is 8.58. The molecule has 2 rings (SSSR count). The van der Waals surface area contributed by atoms with Crippen molar-refractivity contribution < 1.29 is 4.74 Å². The molecule has 1 aliphatic heterocycles. The summed E-state index contributed by atoms with van der Waals surface area (Å²) in [7, 11) is 1.69. The summed E-state index contributed by atoms with van der Waals surface area (Å²) in [6.45, 7) is 10.6. The fraction of sp³-hybridized carbons (Fsp3) is 0.650. The number of nitrogens with one attached hydrogen (secondary N) is 2. The standard InChI is InChI=1S/C20H34N4O.HI/c1-4-21-20(23-15-18-8-10-19(25-3)11-9-18)22-12-6-14-24-13-5-7-17(2)16-24;/h8-11,17H,4-7,12-16H2,1-3H3,(H2,21,22,23);1H. The number of halogens is 1. The summed E-state index contributed by atoms with van der Waals surface area (Å²) in [6, 6.07) is 8.07. The van der Waals surface area contributed by atoms with Crippen LogP contribution >= 0.6 is 24.0 Å². The number of aliphatic imine (C=N–C) groups is 1. The van der Waals surface area contributed by atoms with Gasteiger partial charge >= 0.3 is 0 Å². The summed E-state index contributed by atoms with van der Waals surface area (Å²) < 4.78 is 5.19. The fourth-order valence-corrected chi connectivity index (χ4v) is 3.24. The smallest absolute Gasteiger partial charge is 0.191 e. The normalized spacial score (nSPS) is 18.1. The summed E-state index contributed by atoms with van der Waals surface area (Å²) in [4.78, 5) is 7.27. The number of nitrogens with zero attached hydrogens (tertiary/aromatic N) is 2. The third-order valence-electron chi connectivity index (χ3n) is 4.61. The predicted octanol–water partition coefficient (Wildman–Crippen LogP) is 3.49. The first-order valence-corrected chi connectivity index (χ1v) is 9.58. The Kier molecular flexibility index (Phi) is 11.7. The van der Waals surface area contributed by atoms with Crippen LogP contribution in [0.2, 0.25) is 0 Å². The maximum atomic E-state index is 5.19. The predicted molar refractivity (Wildman–Crippen MR) is 121 cm³/mol. The van der Waals surface area contributed by atoms with E-state index in [2.05, 4.69) is 46.5 Å². The Balaban J connectivity index is 0.00000338. The molecule has 0 spiro atoms. The number of ether oxygens (including phenoxy) is 1. The number of hydrogen-bond acceptors (Lipinski definition) is 3. The van der Waals surface area contributed by atoms with Gasteiger partial charge in [-0.1, -0.05) is 19.1 Å². The van der Waals surface area contributed by atoms with E-state index < -0.39 is 0 Å². The molecule has 148 valence electrons. The SMILES string of the molecule is CCNC(=NCc1ccc(OC)cc1)NCCCN1CCCC(C)C1.I. The average molecular weight is 474 g/mol.